The largest absolute Gasteiger partial charge is 0.463 e. The van der Waals surface area contributed by atoms with E-state index >= 15 is 0 Å². The maximum absolute atomic E-state index is 13.2. The van der Waals surface area contributed by atoms with Crippen LogP contribution in [0.3, 0.4) is 0 Å². The molecule has 5 rings (SSSR count). The molecule has 6 N–H and O–H groups in total. The second-order valence-corrected chi connectivity index (χ2v) is 13.4. The molecule has 0 spiro atoms. The molecule has 0 unspecified atom stereocenters. The topological polar surface area (TPSA) is 251 Å². The van der Waals surface area contributed by atoms with Gasteiger partial charge in [-0.1, -0.05) is 0 Å². The van der Waals surface area contributed by atoms with E-state index in [1.807, 2.05) is 0 Å². The van der Waals surface area contributed by atoms with Crippen molar-refractivity contribution < 1.29 is 38.3 Å². The lowest BCUT2D eigenvalue weighted by Crippen LogP contribution is -2.27. The van der Waals surface area contributed by atoms with Gasteiger partial charge in [-0.2, -0.15) is 0 Å². The van der Waals surface area contributed by atoms with Crippen LogP contribution in [0, 0.1) is 0 Å². The van der Waals surface area contributed by atoms with Gasteiger partial charge in [0.1, 0.15) is 11.4 Å². The number of hydrogen-bond acceptors (Lipinski definition) is 10. The summed E-state index contributed by atoms with van der Waals surface area (Å²) in [5, 5.41) is 16.2. The maximum Gasteiger partial charge on any atom is 0.330 e. The number of esters is 1. The fraction of sp³-hybridized carbons (Fsp3) is 0.289. The fourth-order valence-electron chi connectivity index (χ4n) is 5.85. The van der Waals surface area contributed by atoms with Gasteiger partial charge in [0.2, 0.25) is 23.5 Å². The number of nitrogens with zero attached hydrogens (tertiary/aromatic N) is 7. The molecular formula is C38H45N13O8. The van der Waals surface area contributed by atoms with Crippen LogP contribution in [0.25, 0.3) is 6.08 Å². The van der Waals surface area contributed by atoms with Gasteiger partial charge in [-0.25, -0.2) is 14.8 Å². The van der Waals surface area contributed by atoms with Crippen molar-refractivity contribution >= 4 is 76.2 Å². The van der Waals surface area contributed by atoms with Gasteiger partial charge in [-0.05, 0) is 37.6 Å². The van der Waals surface area contributed by atoms with E-state index in [1.54, 1.807) is 82.0 Å². The second kappa shape index (κ2) is 18.5. The molecule has 5 aromatic heterocycles. The van der Waals surface area contributed by atoms with Crippen molar-refractivity contribution in [2.45, 2.75) is 26.7 Å². The van der Waals surface area contributed by atoms with Crippen molar-refractivity contribution in [2.75, 3.05) is 39.7 Å². The second-order valence-electron chi connectivity index (χ2n) is 13.4. The summed E-state index contributed by atoms with van der Waals surface area (Å²) in [4.78, 5) is 96.0. The molecule has 0 saturated heterocycles. The minimum absolute atomic E-state index is 0.0489. The quantitative estimate of drug-likeness (QED) is 0.0483. The van der Waals surface area contributed by atoms with Crippen LogP contribution in [0.2, 0.25) is 0 Å². The molecule has 21 nitrogen and oxygen atoms in total. The minimum atomic E-state index is -0.548. The van der Waals surface area contributed by atoms with Crippen LogP contribution in [0.15, 0.2) is 55.3 Å². The number of hydrogen-bond donors (Lipinski definition) is 6. The normalized spacial score (nSPS) is 11.0. The molecule has 0 aliphatic heterocycles. The van der Waals surface area contributed by atoms with Crippen molar-refractivity contribution in [1.82, 2.24) is 38.1 Å². The Morgan fingerprint density at radius 3 is 1.69 bits per heavy atom. The highest BCUT2D eigenvalue weighted by Crippen LogP contribution is 2.20. The molecule has 6 amide bonds. The van der Waals surface area contributed by atoms with E-state index in [9.17, 15) is 33.6 Å². The van der Waals surface area contributed by atoms with Crippen LogP contribution in [0.1, 0.15) is 74.6 Å². The Kier molecular flexibility index (Phi) is 13.3. The lowest BCUT2D eigenvalue weighted by atomic mass is 10.3. The Labute approximate surface area is 337 Å². The Morgan fingerprint density at radius 2 is 1.14 bits per heavy atom. The van der Waals surface area contributed by atoms with Crippen LogP contribution >= 0.6 is 0 Å². The number of aryl methyl sites for hydroxylation is 5. The molecule has 5 aromatic rings. The predicted octanol–water partition coefficient (Wildman–Crippen LogP) is 2.61. The van der Waals surface area contributed by atoms with Crippen LogP contribution in [-0.2, 0) is 54.4 Å². The first kappa shape index (κ1) is 42.4. The van der Waals surface area contributed by atoms with Gasteiger partial charge in [-0.15, -0.1) is 0 Å². The molecule has 0 aliphatic rings. The van der Waals surface area contributed by atoms with Crippen molar-refractivity contribution in [1.29, 1.82) is 0 Å². The monoisotopic (exact) mass is 811 g/mol. The van der Waals surface area contributed by atoms with Crippen molar-refractivity contribution in [2.24, 2.45) is 35.2 Å². The summed E-state index contributed by atoms with van der Waals surface area (Å²) in [5.74, 6) is -2.65. The summed E-state index contributed by atoms with van der Waals surface area (Å²) in [5.41, 5.74) is 2.30. The van der Waals surface area contributed by atoms with E-state index in [-0.39, 0.29) is 66.1 Å². The van der Waals surface area contributed by atoms with Gasteiger partial charge in [0.05, 0.1) is 23.7 Å². The van der Waals surface area contributed by atoms with E-state index in [1.165, 1.54) is 51.2 Å². The van der Waals surface area contributed by atoms with E-state index < -0.39 is 29.6 Å². The van der Waals surface area contributed by atoms with Gasteiger partial charge in [0.25, 0.3) is 23.6 Å². The van der Waals surface area contributed by atoms with E-state index in [0.717, 1.165) is 0 Å². The molecule has 59 heavy (non-hydrogen) atoms. The number of carbonyl (C=O) groups is 7. The SMILES string of the molecule is CCOC(=O)/C=C/c1cc(NC(=O)c2nc(NC(=O)CCCNC(=O)c3cc(NC(=O)c4cc(NC(=O)c5nc(NC(C)=O)cn5C)cn4C)cn3C)cn2C)cn1C. The lowest BCUT2D eigenvalue weighted by Gasteiger charge is -2.06. The summed E-state index contributed by atoms with van der Waals surface area (Å²) in [6.45, 7) is 3.48. The number of rotatable bonds is 16. The standard InChI is InChI=1S/C38H45N13O8/c1-8-59-32(54)12-11-26-14-23(17-47(26)3)42-37(57)34-46-30(21-51(34)7)44-31(53)10-9-13-39-35(55)27-15-24(18-48(27)4)41-36(56)28-16-25(19-49(28)5)43-38(58)33-45-29(20-50(33)6)40-22(2)52/h11-12,14-21H,8-10,13H2,1-7H3,(H,39,55)(H,40,52)(H,41,56)(H,42,57)(H,43,58)(H,44,53)/b12-11+. The van der Waals surface area contributed by atoms with Crippen molar-refractivity contribution in [3.8, 4) is 0 Å². The molecule has 0 aliphatic carbocycles. The highest BCUT2D eigenvalue weighted by Gasteiger charge is 2.20. The molecule has 0 bridgehead atoms. The van der Waals surface area contributed by atoms with Gasteiger partial charge in [0, 0.05) is 97.9 Å². The molecular weight excluding hydrogens is 767 g/mol. The molecule has 5 heterocycles. The molecule has 0 saturated carbocycles. The van der Waals surface area contributed by atoms with Crippen LogP contribution in [0.5, 0.6) is 0 Å². The summed E-state index contributed by atoms with van der Waals surface area (Å²) in [6, 6.07) is 4.67. The number of amides is 6. The van der Waals surface area contributed by atoms with Gasteiger partial charge < -0.3 is 59.5 Å². The molecule has 0 radical (unpaired) electrons. The summed E-state index contributed by atoms with van der Waals surface area (Å²) >= 11 is 0. The van der Waals surface area contributed by atoms with E-state index in [0.29, 0.717) is 29.2 Å². The lowest BCUT2D eigenvalue weighted by molar-refractivity contribution is -0.137. The predicted molar refractivity (Wildman–Crippen MR) is 217 cm³/mol. The maximum atomic E-state index is 13.2. The fourth-order valence-corrected chi connectivity index (χ4v) is 5.85. The minimum Gasteiger partial charge on any atom is -0.463 e. The summed E-state index contributed by atoms with van der Waals surface area (Å²) in [7, 11) is 8.26. The number of ether oxygens (including phenoxy) is 1. The Balaban J connectivity index is 1.07. The van der Waals surface area contributed by atoms with Crippen LogP contribution < -0.4 is 31.9 Å². The first-order valence-electron chi connectivity index (χ1n) is 18.2. The number of aromatic nitrogens is 7. The first-order valence-corrected chi connectivity index (χ1v) is 18.2. The van der Waals surface area contributed by atoms with E-state index in [2.05, 4.69) is 41.9 Å². The van der Waals surface area contributed by atoms with Crippen LogP contribution in [0.4, 0.5) is 28.7 Å². The first-order chi connectivity index (χ1) is 28.0. The molecule has 0 aromatic carbocycles. The zero-order valence-electron chi connectivity index (χ0n) is 33.5. The highest BCUT2D eigenvalue weighted by molar-refractivity contribution is 6.07. The summed E-state index contributed by atoms with van der Waals surface area (Å²) < 4.78 is 12.6. The number of carbonyl (C=O) groups excluding carboxylic acids is 7. The number of anilines is 5. The van der Waals surface area contributed by atoms with E-state index in [4.69, 9.17) is 4.74 Å². The Hall–Kier alpha value is -7.71. The average molecular weight is 812 g/mol. The third kappa shape index (κ3) is 11.0. The Bertz CT molecular complexity index is 2460. The summed E-state index contributed by atoms with van der Waals surface area (Å²) in [6.07, 6.45) is 11.0. The third-order valence-electron chi connectivity index (χ3n) is 8.57. The zero-order valence-corrected chi connectivity index (χ0v) is 33.5. The average Bonchev–Trinajstić information content (AvgIpc) is 3.97. The van der Waals surface area contributed by atoms with Gasteiger partial charge in [-0.3, -0.25) is 28.8 Å². The van der Waals surface area contributed by atoms with Crippen molar-refractivity contribution in [3.05, 3.63) is 84.0 Å². The van der Waals surface area contributed by atoms with Gasteiger partial charge in [0.15, 0.2) is 11.6 Å². The molecule has 21 heteroatoms. The molecule has 310 valence electrons. The molecule has 0 fully saturated rings. The highest BCUT2D eigenvalue weighted by atomic mass is 16.5. The third-order valence-corrected chi connectivity index (χ3v) is 8.57. The number of imidazole rings is 2. The smallest absolute Gasteiger partial charge is 0.330 e. The molecule has 0 atom stereocenters. The Morgan fingerprint density at radius 1 is 0.627 bits per heavy atom. The van der Waals surface area contributed by atoms with Gasteiger partial charge >= 0.3 is 5.97 Å². The van der Waals surface area contributed by atoms with Crippen molar-refractivity contribution in [3.63, 3.8) is 0 Å². The zero-order chi connectivity index (χ0) is 43.0. The van der Waals surface area contributed by atoms with Crippen LogP contribution in [-0.4, -0.2) is 87.4 Å². The number of nitrogens with one attached hydrogen (secondary N) is 6.